The molecule has 5 nitrogen and oxygen atoms in total. The van der Waals surface area contributed by atoms with Gasteiger partial charge in [-0.05, 0) is 74.4 Å². The molecule has 0 aliphatic carbocycles. The number of para-hydroxylation sites is 1. The van der Waals surface area contributed by atoms with Crippen LogP contribution in [0.1, 0.15) is 16.7 Å². The molecule has 0 amide bonds. The van der Waals surface area contributed by atoms with E-state index in [1.165, 1.54) is 5.56 Å². The molecule has 150 valence electrons. The van der Waals surface area contributed by atoms with Gasteiger partial charge in [-0.15, -0.1) is 0 Å². The zero-order chi connectivity index (χ0) is 21.0. The molecule has 0 aromatic heterocycles. The number of thiocarbonyl (C=S) groups is 1. The minimum atomic E-state index is -3.73. The first-order valence-corrected chi connectivity index (χ1v) is 11.0. The van der Waals surface area contributed by atoms with Crippen LogP contribution in [-0.2, 0) is 10.0 Å². The zero-order valence-corrected chi connectivity index (χ0v) is 18.1. The average Bonchev–Trinajstić information content (AvgIpc) is 2.66. The van der Waals surface area contributed by atoms with Crippen molar-refractivity contribution in [1.29, 1.82) is 0 Å². The first-order chi connectivity index (χ1) is 13.7. The molecule has 0 aliphatic heterocycles. The maximum Gasteiger partial charge on any atom is 0.262 e. The zero-order valence-electron chi connectivity index (χ0n) is 16.5. The molecule has 0 saturated carbocycles. The number of rotatable bonds is 5. The highest BCUT2D eigenvalue weighted by Crippen LogP contribution is 2.23. The van der Waals surface area contributed by atoms with Crippen LogP contribution in [0.25, 0.3) is 0 Å². The van der Waals surface area contributed by atoms with Crippen LogP contribution < -0.4 is 15.4 Å². The lowest BCUT2D eigenvalue weighted by Gasteiger charge is -2.15. The first kappa shape index (κ1) is 20.8. The minimum absolute atomic E-state index is 0.195. The lowest BCUT2D eigenvalue weighted by atomic mass is 10.1. The fourth-order valence-corrected chi connectivity index (χ4v) is 4.48. The molecule has 0 fully saturated rings. The molecule has 0 aliphatic rings. The predicted molar refractivity (Wildman–Crippen MR) is 124 cm³/mol. The van der Waals surface area contributed by atoms with Crippen molar-refractivity contribution in [3.8, 4) is 0 Å². The Kier molecular flexibility index (Phi) is 6.20. The topological polar surface area (TPSA) is 70.2 Å². The van der Waals surface area contributed by atoms with Crippen LogP contribution in [0, 0.1) is 20.8 Å². The number of hydrogen-bond donors (Lipinski definition) is 3. The fourth-order valence-electron chi connectivity index (χ4n) is 2.92. The van der Waals surface area contributed by atoms with Crippen molar-refractivity contribution < 1.29 is 8.42 Å². The van der Waals surface area contributed by atoms with E-state index < -0.39 is 10.0 Å². The maximum atomic E-state index is 12.8. The monoisotopic (exact) mass is 425 g/mol. The molecule has 0 radical (unpaired) electrons. The summed E-state index contributed by atoms with van der Waals surface area (Å²) in [5.74, 6) is 0. The van der Waals surface area contributed by atoms with Gasteiger partial charge in [0.15, 0.2) is 5.11 Å². The standard InChI is InChI=1S/C22H23N3O2S2/c1-15-9-12-20(17(3)13-15)24-22(28)23-19-11-10-16(2)21(14-19)29(26,27)25-18-7-5-4-6-8-18/h4-14,25H,1-3H3,(H2,23,24,28). The summed E-state index contributed by atoms with van der Waals surface area (Å²) in [7, 11) is -3.73. The smallest absolute Gasteiger partial charge is 0.262 e. The van der Waals surface area contributed by atoms with Crippen LogP contribution >= 0.6 is 12.2 Å². The fraction of sp³-hybridized carbons (Fsp3) is 0.136. The van der Waals surface area contributed by atoms with Gasteiger partial charge in [0.1, 0.15) is 0 Å². The van der Waals surface area contributed by atoms with Gasteiger partial charge < -0.3 is 10.6 Å². The lowest BCUT2D eigenvalue weighted by Crippen LogP contribution is -2.20. The molecule has 7 heteroatoms. The van der Waals surface area contributed by atoms with Gasteiger partial charge in [0.2, 0.25) is 0 Å². The molecule has 3 N–H and O–H groups in total. The van der Waals surface area contributed by atoms with Crippen molar-refractivity contribution in [1.82, 2.24) is 0 Å². The number of sulfonamides is 1. The SMILES string of the molecule is Cc1ccc(NC(=S)Nc2ccc(C)c(S(=O)(=O)Nc3ccccc3)c2)c(C)c1. The number of benzene rings is 3. The molecule has 0 spiro atoms. The third-order valence-corrected chi connectivity index (χ3v) is 6.12. The Bertz CT molecular complexity index is 1140. The van der Waals surface area contributed by atoms with Crippen molar-refractivity contribution in [2.75, 3.05) is 15.4 Å². The second-order valence-corrected chi connectivity index (χ2v) is 8.91. The van der Waals surface area contributed by atoms with E-state index in [0.29, 0.717) is 22.1 Å². The Balaban J connectivity index is 1.78. The van der Waals surface area contributed by atoms with Gasteiger partial charge in [-0.2, -0.15) is 0 Å². The van der Waals surface area contributed by atoms with E-state index in [1.54, 1.807) is 49.4 Å². The molecule has 0 bridgehead atoms. The summed E-state index contributed by atoms with van der Waals surface area (Å²) in [6.45, 7) is 5.80. The highest BCUT2D eigenvalue weighted by molar-refractivity contribution is 7.92. The summed E-state index contributed by atoms with van der Waals surface area (Å²) in [6.07, 6.45) is 0. The number of hydrogen-bond acceptors (Lipinski definition) is 3. The van der Waals surface area contributed by atoms with E-state index in [-0.39, 0.29) is 4.90 Å². The molecule has 3 rings (SSSR count). The largest absolute Gasteiger partial charge is 0.332 e. The Morgan fingerprint density at radius 1 is 0.793 bits per heavy atom. The van der Waals surface area contributed by atoms with E-state index in [0.717, 1.165) is 11.3 Å². The van der Waals surface area contributed by atoms with Gasteiger partial charge in [0, 0.05) is 17.1 Å². The second kappa shape index (κ2) is 8.63. The molecule has 0 atom stereocenters. The van der Waals surface area contributed by atoms with Crippen LogP contribution in [0.5, 0.6) is 0 Å². The van der Waals surface area contributed by atoms with Gasteiger partial charge in [0.05, 0.1) is 4.90 Å². The molecule has 3 aromatic rings. The van der Waals surface area contributed by atoms with Crippen molar-refractivity contribution in [3.05, 3.63) is 83.4 Å². The second-order valence-electron chi connectivity index (χ2n) is 6.85. The van der Waals surface area contributed by atoms with Crippen LogP contribution in [0.2, 0.25) is 0 Å². The highest BCUT2D eigenvalue weighted by Gasteiger charge is 2.18. The lowest BCUT2D eigenvalue weighted by molar-refractivity contribution is 0.600. The Labute approximate surface area is 177 Å². The molecule has 0 heterocycles. The van der Waals surface area contributed by atoms with Crippen molar-refractivity contribution in [2.45, 2.75) is 25.7 Å². The Morgan fingerprint density at radius 2 is 1.52 bits per heavy atom. The number of anilines is 3. The van der Waals surface area contributed by atoms with Crippen molar-refractivity contribution >= 4 is 44.4 Å². The van der Waals surface area contributed by atoms with E-state index in [9.17, 15) is 8.42 Å². The molecule has 0 unspecified atom stereocenters. The van der Waals surface area contributed by atoms with E-state index in [4.69, 9.17) is 12.2 Å². The van der Waals surface area contributed by atoms with Gasteiger partial charge in [-0.3, -0.25) is 4.72 Å². The third kappa shape index (κ3) is 5.34. The summed E-state index contributed by atoms with van der Waals surface area (Å²) in [5, 5.41) is 6.61. The normalized spacial score (nSPS) is 11.0. The number of aryl methyl sites for hydroxylation is 3. The maximum absolute atomic E-state index is 12.8. The third-order valence-electron chi connectivity index (χ3n) is 4.39. The van der Waals surface area contributed by atoms with Crippen LogP contribution in [0.4, 0.5) is 17.1 Å². The van der Waals surface area contributed by atoms with Gasteiger partial charge >= 0.3 is 0 Å². The summed E-state index contributed by atoms with van der Waals surface area (Å²) >= 11 is 5.40. The van der Waals surface area contributed by atoms with Crippen molar-refractivity contribution in [2.24, 2.45) is 0 Å². The minimum Gasteiger partial charge on any atom is -0.332 e. The van der Waals surface area contributed by atoms with Crippen LogP contribution in [0.15, 0.2) is 71.6 Å². The molecular weight excluding hydrogens is 402 g/mol. The Hall–Kier alpha value is -2.90. The average molecular weight is 426 g/mol. The molecular formula is C22H23N3O2S2. The number of nitrogens with one attached hydrogen (secondary N) is 3. The van der Waals surface area contributed by atoms with Crippen molar-refractivity contribution in [3.63, 3.8) is 0 Å². The van der Waals surface area contributed by atoms with Gasteiger partial charge in [0.25, 0.3) is 10.0 Å². The van der Waals surface area contributed by atoms with Crippen LogP contribution in [0.3, 0.4) is 0 Å². The highest BCUT2D eigenvalue weighted by atomic mass is 32.2. The molecule has 0 saturated heterocycles. The van der Waals surface area contributed by atoms with E-state index in [1.807, 2.05) is 32.0 Å². The predicted octanol–water partition coefficient (Wildman–Crippen LogP) is 5.22. The summed E-state index contributed by atoms with van der Waals surface area (Å²) in [5.41, 5.74) is 4.90. The summed E-state index contributed by atoms with van der Waals surface area (Å²) in [4.78, 5) is 0.195. The summed E-state index contributed by atoms with van der Waals surface area (Å²) in [6, 6.07) is 20.0. The summed E-state index contributed by atoms with van der Waals surface area (Å²) < 4.78 is 28.3. The molecule has 29 heavy (non-hydrogen) atoms. The van der Waals surface area contributed by atoms with Gasteiger partial charge in [-0.1, -0.05) is 42.0 Å². The van der Waals surface area contributed by atoms with E-state index in [2.05, 4.69) is 21.4 Å². The quantitative estimate of drug-likeness (QED) is 0.489. The van der Waals surface area contributed by atoms with Crippen LogP contribution in [-0.4, -0.2) is 13.5 Å². The molecule has 3 aromatic carbocycles. The van der Waals surface area contributed by atoms with E-state index >= 15 is 0 Å². The Morgan fingerprint density at radius 3 is 2.21 bits per heavy atom. The van der Waals surface area contributed by atoms with Gasteiger partial charge in [-0.25, -0.2) is 8.42 Å². The first-order valence-electron chi connectivity index (χ1n) is 9.08.